The molecule has 2 heterocycles. The molecule has 0 radical (unpaired) electrons. The smallest absolute Gasteiger partial charge is 0.398 e. The Kier molecular flexibility index (Phi) is 4.02. The molecule has 0 spiro atoms. The van der Waals surface area contributed by atoms with Crippen molar-refractivity contribution in [3.63, 3.8) is 0 Å². The molecule has 4 rings (SSSR count). The summed E-state index contributed by atoms with van der Waals surface area (Å²) in [5.74, 6) is -1.08. The van der Waals surface area contributed by atoms with Gasteiger partial charge in [0.25, 0.3) is 0 Å². The van der Waals surface area contributed by atoms with E-state index in [1.54, 1.807) is 30.1 Å². The number of carboxylic acid groups (broad SMARTS) is 1. The van der Waals surface area contributed by atoms with Crippen molar-refractivity contribution in [1.29, 1.82) is 0 Å². The number of imidazole rings is 1. The van der Waals surface area contributed by atoms with Gasteiger partial charge in [-0.25, -0.2) is 9.78 Å². The third kappa shape index (κ3) is 2.85. The summed E-state index contributed by atoms with van der Waals surface area (Å²) in [5, 5.41) is 9.18. The standard InChI is InChI=1S/C20H16F3N3O2/c1-26-11-25-16(15-10-13(18(27)28)6-9-24-15)17(26)12-2-4-14(5-3-12)19(7-8-19)20(21,22)23/h2-6,9-11H,7-8H2,1H3,(H,27,28). The van der Waals surface area contributed by atoms with Crippen LogP contribution < -0.4 is 0 Å². The van der Waals surface area contributed by atoms with Crippen LogP contribution in [0.3, 0.4) is 0 Å². The van der Waals surface area contributed by atoms with E-state index in [4.69, 9.17) is 0 Å². The van der Waals surface area contributed by atoms with E-state index in [0.717, 1.165) is 0 Å². The minimum atomic E-state index is -4.26. The summed E-state index contributed by atoms with van der Waals surface area (Å²) in [5.41, 5.74) is 0.802. The quantitative estimate of drug-likeness (QED) is 0.719. The van der Waals surface area contributed by atoms with Crippen LogP contribution in [0.5, 0.6) is 0 Å². The molecule has 0 amide bonds. The Labute approximate surface area is 158 Å². The van der Waals surface area contributed by atoms with Gasteiger partial charge in [0.1, 0.15) is 5.69 Å². The molecule has 5 nitrogen and oxygen atoms in total. The van der Waals surface area contributed by atoms with E-state index in [2.05, 4.69) is 9.97 Å². The number of halogens is 3. The zero-order valence-electron chi connectivity index (χ0n) is 14.9. The highest BCUT2D eigenvalue weighted by Crippen LogP contribution is 2.59. The fraction of sp³-hybridized carbons (Fsp3) is 0.250. The van der Waals surface area contributed by atoms with Crippen LogP contribution >= 0.6 is 0 Å². The Morgan fingerprint density at radius 1 is 1.14 bits per heavy atom. The summed E-state index contributed by atoms with van der Waals surface area (Å²) < 4.78 is 41.7. The van der Waals surface area contributed by atoms with Crippen molar-refractivity contribution in [1.82, 2.24) is 14.5 Å². The van der Waals surface area contributed by atoms with Crippen LogP contribution in [0, 0.1) is 0 Å². The lowest BCUT2D eigenvalue weighted by Crippen LogP contribution is -2.28. The van der Waals surface area contributed by atoms with E-state index in [-0.39, 0.29) is 24.0 Å². The molecule has 28 heavy (non-hydrogen) atoms. The van der Waals surface area contributed by atoms with Gasteiger partial charge in [-0.3, -0.25) is 4.98 Å². The lowest BCUT2D eigenvalue weighted by molar-refractivity contribution is -0.160. The van der Waals surface area contributed by atoms with Crippen LogP contribution in [0.15, 0.2) is 48.9 Å². The highest BCUT2D eigenvalue weighted by atomic mass is 19.4. The molecule has 2 aromatic heterocycles. The fourth-order valence-electron chi connectivity index (χ4n) is 3.46. The first-order valence-electron chi connectivity index (χ1n) is 8.62. The SMILES string of the molecule is Cn1cnc(-c2cc(C(=O)O)ccn2)c1-c1ccc(C2(C(F)(F)F)CC2)cc1. The normalized spacial score (nSPS) is 15.4. The molecule has 1 saturated carbocycles. The molecular formula is C20H16F3N3O2. The van der Waals surface area contributed by atoms with E-state index >= 15 is 0 Å². The van der Waals surface area contributed by atoms with E-state index in [1.165, 1.54) is 30.5 Å². The lowest BCUT2D eigenvalue weighted by Gasteiger charge is -2.20. The van der Waals surface area contributed by atoms with Crippen molar-refractivity contribution in [3.05, 3.63) is 60.0 Å². The molecular weight excluding hydrogens is 371 g/mol. The Morgan fingerprint density at radius 3 is 2.39 bits per heavy atom. The van der Waals surface area contributed by atoms with Gasteiger partial charge in [-0.05, 0) is 30.5 Å². The Morgan fingerprint density at radius 2 is 1.82 bits per heavy atom. The molecule has 1 aliphatic rings. The maximum Gasteiger partial charge on any atom is 0.398 e. The lowest BCUT2D eigenvalue weighted by atomic mass is 9.93. The van der Waals surface area contributed by atoms with Crippen molar-refractivity contribution < 1.29 is 23.1 Å². The summed E-state index contributed by atoms with van der Waals surface area (Å²) in [4.78, 5) is 19.7. The van der Waals surface area contributed by atoms with Crippen LogP contribution in [0.2, 0.25) is 0 Å². The highest BCUT2D eigenvalue weighted by molar-refractivity contribution is 5.89. The predicted octanol–water partition coefficient (Wildman–Crippen LogP) is 4.44. The minimum Gasteiger partial charge on any atom is -0.478 e. The van der Waals surface area contributed by atoms with E-state index < -0.39 is 17.6 Å². The second-order valence-electron chi connectivity index (χ2n) is 6.94. The number of hydrogen-bond acceptors (Lipinski definition) is 3. The Bertz CT molecular complexity index is 1050. The summed E-state index contributed by atoms with van der Waals surface area (Å²) in [6, 6.07) is 9.10. The van der Waals surface area contributed by atoms with Crippen LogP contribution in [0.25, 0.3) is 22.6 Å². The van der Waals surface area contributed by atoms with Gasteiger partial charge in [0.05, 0.1) is 28.7 Å². The van der Waals surface area contributed by atoms with Gasteiger partial charge >= 0.3 is 12.1 Å². The first-order chi connectivity index (χ1) is 13.2. The number of hydrogen-bond donors (Lipinski definition) is 1. The number of aryl methyl sites for hydroxylation is 1. The highest BCUT2D eigenvalue weighted by Gasteiger charge is 2.64. The first-order valence-corrected chi connectivity index (χ1v) is 8.62. The fourth-order valence-corrected chi connectivity index (χ4v) is 3.46. The average Bonchev–Trinajstić information content (AvgIpc) is 3.40. The molecule has 0 bridgehead atoms. The van der Waals surface area contributed by atoms with Crippen molar-refractivity contribution in [2.75, 3.05) is 0 Å². The molecule has 1 fully saturated rings. The van der Waals surface area contributed by atoms with Crippen LogP contribution in [0.1, 0.15) is 28.8 Å². The van der Waals surface area contributed by atoms with Gasteiger partial charge in [-0.1, -0.05) is 24.3 Å². The van der Waals surface area contributed by atoms with Gasteiger partial charge in [0, 0.05) is 18.8 Å². The van der Waals surface area contributed by atoms with E-state index in [1.807, 2.05) is 0 Å². The number of rotatable bonds is 4. The van der Waals surface area contributed by atoms with E-state index in [9.17, 15) is 23.1 Å². The number of aromatic carboxylic acids is 1. The summed E-state index contributed by atoms with van der Waals surface area (Å²) in [6.45, 7) is 0. The Hall–Kier alpha value is -3.16. The molecule has 8 heteroatoms. The van der Waals surface area contributed by atoms with Crippen molar-refractivity contribution in [2.24, 2.45) is 7.05 Å². The number of carbonyl (C=O) groups is 1. The molecule has 3 aromatic rings. The average molecular weight is 387 g/mol. The van der Waals surface area contributed by atoms with Crippen molar-refractivity contribution in [2.45, 2.75) is 24.4 Å². The van der Waals surface area contributed by atoms with Crippen LogP contribution in [-0.2, 0) is 12.5 Å². The zero-order valence-corrected chi connectivity index (χ0v) is 14.9. The van der Waals surface area contributed by atoms with Gasteiger partial charge < -0.3 is 9.67 Å². The summed E-state index contributed by atoms with van der Waals surface area (Å²) >= 11 is 0. The molecule has 0 unspecified atom stereocenters. The molecule has 0 aliphatic heterocycles. The Balaban J connectivity index is 1.75. The predicted molar refractivity (Wildman–Crippen MR) is 95.8 cm³/mol. The minimum absolute atomic E-state index is 0.0813. The summed E-state index contributed by atoms with van der Waals surface area (Å²) in [6.07, 6.45) is -1.09. The topological polar surface area (TPSA) is 68.0 Å². The maximum atomic E-state index is 13.3. The second-order valence-corrected chi connectivity index (χ2v) is 6.94. The van der Waals surface area contributed by atoms with Crippen molar-refractivity contribution >= 4 is 5.97 Å². The largest absolute Gasteiger partial charge is 0.478 e. The third-order valence-corrected chi connectivity index (χ3v) is 5.19. The molecule has 1 aliphatic carbocycles. The number of aromatic nitrogens is 3. The number of nitrogens with zero attached hydrogens (tertiary/aromatic N) is 3. The van der Waals surface area contributed by atoms with Crippen molar-refractivity contribution in [3.8, 4) is 22.6 Å². The molecule has 1 aromatic carbocycles. The third-order valence-electron chi connectivity index (χ3n) is 5.19. The zero-order chi connectivity index (χ0) is 20.1. The van der Waals surface area contributed by atoms with Gasteiger partial charge in [-0.2, -0.15) is 13.2 Å². The molecule has 0 atom stereocenters. The number of benzene rings is 1. The van der Waals surface area contributed by atoms with Crippen LogP contribution in [-0.4, -0.2) is 31.8 Å². The van der Waals surface area contributed by atoms with Gasteiger partial charge in [-0.15, -0.1) is 0 Å². The molecule has 1 N–H and O–H groups in total. The van der Waals surface area contributed by atoms with Crippen LogP contribution in [0.4, 0.5) is 13.2 Å². The monoisotopic (exact) mass is 387 g/mol. The second kappa shape index (κ2) is 6.19. The maximum absolute atomic E-state index is 13.3. The number of alkyl halides is 3. The molecule has 0 saturated heterocycles. The van der Waals surface area contributed by atoms with Gasteiger partial charge in [0.2, 0.25) is 0 Å². The van der Waals surface area contributed by atoms with E-state index in [0.29, 0.717) is 22.6 Å². The van der Waals surface area contributed by atoms with Gasteiger partial charge in [0.15, 0.2) is 0 Å². The number of pyridine rings is 1. The number of carboxylic acids is 1. The first kappa shape index (κ1) is 18.2. The summed E-state index contributed by atoms with van der Waals surface area (Å²) in [7, 11) is 1.76. The molecule has 144 valence electrons.